The minimum Gasteiger partial charge on any atom is -0.394 e. The molecule has 0 radical (unpaired) electrons. The summed E-state index contributed by atoms with van der Waals surface area (Å²) < 4.78 is 11.4. The van der Waals surface area contributed by atoms with Crippen LogP contribution >= 0.6 is 0 Å². The van der Waals surface area contributed by atoms with Crippen molar-refractivity contribution in [2.75, 3.05) is 13.2 Å². The molecule has 3 nitrogen and oxygen atoms in total. The molecule has 0 heterocycles. The van der Waals surface area contributed by atoms with Crippen LogP contribution in [0.4, 0.5) is 0 Å². The van der Waals surface area contributed by atoms with Crippen LogP contribution in [-0.2, 0) is 9.47 Å². The van der Waals surface area contributed by atoms with Gasteiger partial charge in [0, 0.05) is 0 Å². The first-order chi connectivity index (χ1) is 7.00. The Morgan fingerprint density at radius 1 is 1.13 bits per heavy atom. The highest BCUT2D eigenvalue weighted by atomic mass is 16.6. The Bertz CT molecular complexity index is 187. The fourth-order valence-electron chi connectivity index (χ4n) is 1.74. The molecule has 1 fully saturated rings. The van der Waals surface area contributed by atoms with E-state index >= 15 is 0 Å². The van der Waals surface area contributed by atoms with Gasteiger partial charge in [-0.2, -0.15) is 0 Å². The van der Waals surface area contributed by atoms with E-state index in [9.17, 15) is 0 Å². The van der Waals surface area contributed by atoms with E-state index in [1.54, 1.807) is 0 Å². The molecule has 0 aromatic carbocycles. The van der Waals surface area contributed by atoms with Crippen LogP contribution in [0, 0.1) is 5.92 Å². The zero-order valence-electron chi connectivity index (χ0n) is 10.3. The summed E-state index contributed by atoms with van der Waals surface area (Å²) in [5, 5.41) is 8.81. The second-order valence-electron chi connectivity index (χ2n) is 4.97. The van der Waals surface area contributed by atoms with Crippen molar-refractivity contribution in [1.29, 1.82) is 0 Å². The second kappa shape index (κ2) is 5.28. The lowest BCUT2D eigenvalue weighted by atomic mass is 10.1. The zero-order chi connectivity index (χ0) is 11.5. The Kier molecular flexibility index (Phi) is 4.56. The topological polar surface area (TPSA) is 38.7 Å². The fourth-order valence-corrected chi connectivity index (χ4v) is 1.74. The van der Waals surface area contributed by atoms with Crippen LogP contribution in [0.2, 0.25) is 0 Å². The number of aliphatic hydroxyl groups excluding tert-OH is 1. The Morgan fingerprint density at radius 2 is 1.73 bits per heavy atom. The molecule has 0 spiro atoms. The Morgan fingerprint density at radius 3 is 2.13 bits per heavy atom. The van der Waals surface area contributed by atoms with Crippen LogP contribution in [0.15, 0.2) is 0 Å². The summed E-state index contributed by atoms with van der Waals surface area (Å²) in [6.45, 7) is 8.95. The molecule has 3 heteroatoms. The molecular weight excluding hydrogens is 192 g/mol. The first kappa shape index (κ1) is 12.9. The van der Waals surface area contributed by atoms with Gasteiger partial charge in [-0.1, -0.05) is 13.8 Å². The van der Waals surface area contributed by atoms with Crippen LogP contribution < -0.4 is 0 Å². The van der Waals surface area contributed by atoms with Crippen LogP contribution in [0.1, 0.15) is 40.5 Å². The van der Waals surface area contributed by atoms with Gasteiger partial charge < -0.3 is 14.6 Å². The van der Waals surface area contributed by atoms with E-state index in [1.165, 1.54) is 12.8 Å². The van der Waals surface area contributed by atoms with Gasteiger partial charge in [-0.25, -0.2) is 0 Å². The van der Waals surface area contributed by atoms with Gasteiger partial charge in [-0.05, 0) is 32.6 Å². The molecule has 1 aliphatic carbocycles. The SMILES string of the molecule is CC(CO)OCC(C)OC1(C(C)C)CC1. The molecule has 0 aromatic heterocycles. The number of ether oxygens (including phenoxy) is 2. The summed E-state index contributed by atoms with van der Waals surface area (Å²) >= 11 is 0. The van der Waals surface area contributed by atoms with E-state index in [-0.39, 0.29) is 24.4 Å². The Hall–Kier alpha value is -0.120. The molecule has 0 aliphatic heterocycles. The molecule has 2 atom stereocenters. The predicted octanol–water partition coefficient (Wildman–Crippen LogP) is 1.98. The molecule has 1 aliphatic rings. The lowest BCUT2D eigenvalue weighted by Crippen LogP contribution is -2.30. The Labute approximate surface area is 92.8 Å². The average Bonchev–Trinajstić information content (AvgIpc) is 2.95. The monoisotopic (exact) mass is 216 g/mol. The Balaban J connectivity index is 2.21. The van der Waals surface area contributed by atoms with E-state index in [4.69, 9.17) is 14.6 Å². The first-order valence-corrected chi connectivity index (χ1v) is 5.90. The van der Waals surface area contributed by atoms with Gasteiger partial charge in [0.05, 0.1) is 31.0 Å². The van der Waals surface area contributed by atoms with Crippen molar-refractivity contribution in [2.24, 2.45) is 5.92 Å². The lowest BCUT2D eigenvalue weighted by Gasteiger charge is -2.25. The molecule has 15 heavy (non-hydrogen) atoms. The van der Waals surface area contributed by atoms with Crippen molar-refractivity contribution in [3.8, 4) is 0 Å². The molecule has 1 saturated carbocycles. The van der Waals surface area contributed by atoms with Crippen molar-refractivity contribution in [1.82, 2.24) is 0 Å². The third-order valence-electron chi connectivity index (χ3n) is 3.10. The second-order valence-corrected chi connectivity index (χ2v) is 4.97. The van der Waals surface area contributed by atoms with Gasteiger partial charge in [-0.15, -0.1) is 0 Å². The highest BCUT2D eigenvalue weighted by Gasteiger charge is 2.47. The van der Waals surface area contributed by atoms with Crippen LogP contribution in [0.25, 0.3) is 0 Å². The third kappa shape index (κ3) is 3.74. The minimum absolute atomic E-state index is 0.0715. The van der Waals surface area contributed by atoms with Crippen molar-refractivity contribution >= 4 is 0 Å². The molecule has 1 N–H and O–H groups in total. The number of hydrogen-bond donors (Lipinski definition) is 1. The summed E-state index contributed by atoms with van der Waals surface area (Å²) in [5.74, 6) is 0.579. The average molecular weight is 216 g/mol. The standard InChI is InChI=1S/C12H24O3/c1-9(2)12(5-6-12)15-11(4)8-14-10(3)7-13/h9-11,13H,5-8H2,1-4H3. The summed E-state index contributed by atoms with van der Waals surface area (Å²) in [7, 11) is 0. The zero-order valence-corrected chi connectivity index (χ0v) is 10.3. The normalized spacial score (nSPS) is 22.8. The van der Waals surface area contributed by atoms with E-state index in [1.807, 2.05) is 13.8 Å². The molecule has 0 aromatic rings. The van der Waals surface area contributed by atoms with E-state index in [0.29, 0.717) is 12.5 Å². The van der Waals surface area contributed by atoms with Gasteiger partial charge in [0.2, 0.25) is 0 Å². The maximum absolute atomic E-state index is 8.81. The maximum Gasteiger partial charge on any atom is 0.0788 e. The van der Waals surface area contributed by atoms with Crippen molar-refractivity contribution in [2.45, 2.75) is 58.3 Å². The van der Waals surface area contributed by atoms with Crippen LogP contribution in [0.5, 0.6) is 0 Å². The lowest BCUT2D eigenvalue weighted by molar-refractivity contribution is -0.0960. The summed E-state index contributed by atoms with van der Waals surface area (Å²) in [5.41, 5.74) is 0.116. The van der Waals surface area contributed by atoms with Gasteiger partial charge >= 0.3 is 0 Å². The smallest absolute Gasteiger partial charge is 0.0788 e. The summed E-state index contributed by atoms with van der Waals surface area (Å²) in [6, 6.07) is 0. The molecule has 90 valence electrons. The van der Waals surface area contributed by atoms with Crippen molar-refractivity contribution in [3.05, 3.63) is 0 Å². The van der Waals surface area contributed by atoms with E-state index < -0.39 is 0 Å². The molecule has 2 unspecified atom stereocenters. The summed E-state index contributed by atoms with van der Waals surface area (Å²) in [4.78, 5) is 0. The number of aliphatic hydroxyl groups is 1. The molecular formula is C12H24O3. The fraction of sp³-hybridized carbons (Fsp3) is 1.00. The van der Waals surface area contributed by atoms with E-state index in [2.05, 4.69) is 13.8 Å². The molecule has 0 bridgehead atoms. The van der Waals surface area contributed by atoms with Crippen molar-refractivity contribution < 1.29 is 14.6 Å². The van der Waals surface area contributed by atoms with Gasteiger partial charge in [0.15, 0.2) is 0 Å². The van der Waals surface area contributed by atoms with Crippen LogP contribution in [0.3, 0.4) is 0 Å². The first-order valence-electron chi connectivity index (χ1n) is 5.90. The molecule has 1 rings (SSSR count). The van der Waals surface area contributed by atoms with Gasteiger partial charge in [-0.3, -0.25) is 0 Å². The number of hydrogen-bond acceptors (Lipinski definition) is 3. The highest BCUT2D eigenvalue weighted by Crippen LogP contribution is 2.46. The minimum atomic E-state index is -0.0924. The number of rotatable bonds is 7. The summed E-state index contributed by atoms with van der Waals surface area (Å²) in [6.07, 6.45) is 2.36. The van der Waals surface area contributed by atoms with Crippen molar-refractivity contribution in [3.63, 3.8) is 0 Å². The quantitative estimate of drug-likeness (QED) is 0.707. The maximum atomic E-state index is 8.81. The van der Waals surface area contributed by atoms with E-state index in [0.717, 1.165) is 0 Å². The largest absolute Gasteiger partial charge is 0.394 e. The highest BCUT2D eigenvalue weighted by molar-refractivity contribution is 4.98. The van der Waals surface area contributed by atoms with Crippen LogP contribution in [-0.4, -0.2) is 36.1 Å². The van der Waals surface area contributed by atoms with Gasteiger partial charge in [0.25, 0.3) is 0 Å². The predicted molar refractivity (Wildman–Crippen MR) is 59.8 cm³/mol. The van der Waals surface area contributed by atoms with Gasteiger partial charge in [0.1, 0.15) is 0 Å². The molecule has 0 amide bonds. The third-order valence-corrected chi connectivity index (χ3v) is 3.10. The molecule has 0 saturated heterocycles.